The van der Waals surface area contributed by atoms with Crippen LogP contribution in [0.3, 0.4) is 0 Å². The van der Waals surface area contributed by atoms with Crippen molar-refractivity contribution >= 4 is 11.8 Å². The topological polar surface area (TPSA) is 108 Å². The Morgan fingerprint density at radius 3 is 2.92 bits per heavy atom. The molecule has 0 bridgehead atoms. The standard InChI is InChI=1S/C18H22N4O4/c1-11-5-3-4-6-15(11)26-10-14(23)18(25)22-8-7-13-12(9-22)16(21-20-13)17(24)19-2/h3-6,14,23H,7-10H2,1-2H3,(H,19,24)(H,20,21)/t14-/m1/s1. The lowest BCUT2D eigenvalue weighted by Crippen LogP contribution is -2.44. The molecule has 2 amide bonds. The Morgan fingerprint density at radius 2 is 2.19 bits per heavy atom. The Kier molecular flexibility index (Phi) is 5.22. The summed E-state index contributed by atoms with van der Waals surface area (Å²) in [5.74, 6) is -0.0921. The normalized spacial score (nSPS) is 14.5. The van der Waals surface area contributed by atoms with E-state index in [2.05, 4.69) is 15.5 Å². The molecule has 3 rings (SSSR count). The van der Waals surface area contributed by atoms with Crippen molar-refractivity contribution in [3.05, 3.63) is 46.8 Å². The van der Waals surface area contributed by atoms with Crippen molar-refractivity contribution in [3.63, 3.8) is 0 Å². The number of benzene rings is 1. The number of carbonyl (C=O) groups excluding carboxylic acids is 2. The predicted octanol–water partition coefficient (Wildman–Crippen LogP) is 0.402. The Balaban J connectivity index is 1.64. The molecule has 0 aliphatic carbocycles. The molecule has 3 N–H and O–H groups in total. The number of carbonyl (C=O) groups is 2. The molecule has 8 heteroatoms. The number of aromatic nitrogens is 2. The average Bonchev–Trinajstić information content (AvgIpc) is 3.09. The third-order valence-corrected chi connectivity index (χ3v) is 4.46. The zero-order chi connectivity index (χ0) is 18.7. The first-order valence-electron chi connectivity index (χ1n) is 8.44. The van der Waals surface area contributed by atoms with E-state index in [9.17, 15) is 14.7 Å². The molecule has 1 aromatic carbocycles. The largest absolute Gasteiger partial charge is 0.490 e. The van der Waals surface area contributed by atoms with Crippen LogP contribution in [0.1, 0.15) is 27.3 Å². The summed E-state index contributed by atoms with van der Waals surface area (Å²) in [6.07, 6.45) is -0.720. The quantitative estimate of drug-likeness (QED) is 0.717. The predicted molar refractivity (Wildman–Crippen MR) is 93.8 cm³/mol. The molecular formula is C18H22N4O4. The molecule has 0 fully saturated rings. The smallest absolute Gasteiger partial charge is 0.271 e. The van der Waals surface area contributed by atoms with Crippen molar-refractivity contribution in [3.8, 4) is 5.75 Å². The number of aromatic amines is 1. The maximum Gasteiger partial charge on any atom is 0.271 e. The molecule has 8 nitrogen and oxygen atoms in total. The van der Waals surface area contributed by atoms with Gasteiger partial charge in [0.05, 0.1) is 0 Å². The summed E-state index contributed by atoms with van der Waals surface area (Å²) in [5.41, 5.74) is 2.75. The number of rotatable bonds is 5. The SMILES string of the molecule is CNC(=O)c1n[nH]c2c1CN(C(=O)[C@H](O)COc1ccccc1C)CC2. The number of ether oxygens (including phenoxy) is 1. The summed E-state index contributed by atoms with van der Waals surface area (Å²) in [4.78, 5) is 26.0. The van der Waals surface area contributed by atoms with Crippen molar-refractivity contribution < 1.29 is 19.4 Å². The van der Waals surface area contributed by atoms with E-state index in [1.807, 2.05) is 25.1 Å². The summed E-state index contributed by atoms with van der Waals surface area (Å²) in [5, 5.41) is 19.6. The van der Waals surface area contributed by atoms with E-state index in [1.165, 1.54) is 11.9 Å². The van der Waals surface area contributed by atoms with Crippen LogP contribution in [0.25, 0.3) is 0 Å². The molecule has 2 heterocycles. The highest BCUT2D eigenvalue weighted by molar-refractivity contribution is 5.94. The van der Waals surface area contributed by atoms with Crippen LogP contribution in [0, 0.1) is 6.92 Å². The summed E-state index contributed by atoms with van der Waals surface area (Å²) >= 11 is 0. The van der Waals surface area contributed by atoms with Crippen LogP contribution >= 0.6 is 0 Å². The number of aliphatic hydroxyl groups excluding tert-OH is 1. The molecule has 1 aromatic heterocycles. The van der Waals surface area contributed by atoms with Crippen LogP contribution in [-0.4, -0.2) is 58.3 Å². The molecule has 0 radical (unpaired) electrons. The van der Waals surface area contributed by atoms with Gasteiger partial charge in [0.15, 0.2) is 11.8 Å². The van der Waals surface area contributed by atoms with E-state index in [-0.39, 0.29) is 24.8 Å². The molecule has 0 saturated heterocycles. The maximum atomic E-state index is 12.6. The van der Waals surface area contributed by atoms with Crippen molar-refractivity contribution in [1.82, 2.24) is 20.4 Å². The number of nitrogens with one attached hydrogen (secondary N) is 2. The van der Waals surface area contributed by atoms with Gasteiger partial charge in [0.25, 0.3) is 11.8 Å². The second-order valence-electron chi connectivity index (χ2n) is 6.21. The first-order chi connectivity index (χ1) is 12.5. The Labute approximate surface area is 151 Å². The number of fused-ring (bicyclic) bond motifs is 1. The number of aryl methyl sites for hydroxylation is 1. The first-order valence-corrected chi connectivity index (χ1v) is 8.44. The van der Waals surface area contributed by atoms with Gasteiger partial charge in [0.2, 0.25) is 0 Å². The van der Waals surface area contributed by atoms with Crippen LogP contribution in [0.4, 0.5) is 0 Å². The van der Waals surface area contributed by atoms with Crippen LogP contribution in [0.2, 0.25) is 0 Å². The fourth-order valence-corrected chi connectivity index (χ4v) is 2.96. The lowest BCUT2D eigenvalue weighted by molar-refractivity contribution is -0.142. The van der Waals surface area contributed by atoms with E-state index in [0.717, 1.165) is 11.3 Å². The van der Waals surface area contributed by atoms with Gasteiger partial charge < -0.3 is 20.1 Å². The molecule has 1 aliphatic rings. The molecule has 26 heavy (non-hydrogen) atoms. The van der Waals surface area contributed by atoms with Gasteiger partial charge in [-0.05, 0) is 18.6 Å². The molecule has 0 saturated carbocycles. The van der Waals surface area contributed by atoms with Crippen molar-refractivity contribution in [1.29, 1.82) is 0 Å². The minimum Gasteiger partial charge on any atom is -0.490 e. The second kappa shape index (κ2) is 7.57. The minimum atomic E-state index is -1.27. The molecule has 1 aliphatic heterocycles. The zero-order valence-electron chi connectivity index (χ0n) is 14.8. The van der Waals surface area contributed by atoms with Crippen LogP contribution in [-0.2, 0) is 17.8 Å². The highest BCUT2D eigenvalue weighted by Gasteiger charge is 2.30. The fourth-order valence-electron chi connectivity index (χ4n) is 2.96. The summed E-state index contributed by atoms with van der Waals surface area (Å²) in [6, 6.07) is 7.42. The van der Waals surface area contributed by atoms with Crippen LogP contribution in [0.5, 0.6) is 5.75 Å². The number of hydrogen-bond acceptors (Lipinski definition) is 5. The van der Waals surface area contributed by atoms with Gasteiger partial charge in [-0.1, -0.05) is 18.2 Å². The highest BCUT2D eigenvalue weighted by atomic mass is 16.5. The van der Waals surface area contributed by atoms with E-state index in [0.29, 0.717) is 24.3 Å². The molecule has 138 valence electrons. The van der Waals surface area contributed by atoms with Gasteiger partial charge >= 0.3 is 0 Å². The van der Waals surface area contributed by atoms with Gasteiger partial charge in [0.1, 0.15) is 12.4 Å². The summed E-state index contributed by atoms with van der Waals surface area (Å²) in [6.45, 7) is 2.45. The first kappa shape index (κ1) is 17.9. The van der Waals surface area contributed by atoms with Crippen molar-refractivity contribution in [2.24, 2.45) is 0 Å². The summed E-state index contributed by atoms with van der Waals surface area (Å²) < 4.78 is 5.56. The van der Waals surface area contributed by atoms with E-state index >= 15 is 0 Å². The molecule has 2 aromatic rings. The number of H-pyrrole nitrogens is 1. The molecule has 0 unspecified atom stereocenters. The third kappa shape index (κ3) is 3.55. The third-order valence-electron chi connectivity index (χ3n) is 4.46. The van der Waals surface area contributed by atoms with Crippen molar-refractivity contribution in [2.75, 3.05) is 20.2 Å². The molecule has 1 atom stereocenters. The van der Waals surface area contributed by atoms with E-state index < -0.39 is 12.0 Å². The van der Waals surface area contributed by atoms with Gasteiger partial charge in [-0.25, -0.2) is 0 Å². The second-order valence-corrected chi connectivity index (χ2v) is 6.21. The van der Waals surface area contributed by atoms with Gasteiger partial charge in [-0.2, -0.15) is 5.10 Å². The van der Waals surface area contributed by atoms with E-state index in [4.69, 9.17) is 4.74 Å². The van der Waals surface area contributed by atoms with Crippen molar-refractivity contribution in [2.45, 2.75) is 26.0 Å². The highest BCUT2D eigenvalue weighted by Crippen LogP contribution is 2.21. The molecule has 0 spiro atoms. The summed E-state index contributed by atoms with van der Waals surface area (Å²) in [7, 11) is 1.53. The lowest BCUT2D eigenvalue weighted by atomic mass is 10.0. The Hall–Kier alpha value is -2.87. The monoisotopic (exact) mass is 358 g/mol. The lowest BCUT2D eigenvalue weighted by Gasteiger charge is -2.29. The zero-order valence-corrected chi connectivity index (χ0v) is 14.8. The van der Waals surface area contributed by atoms with Crippen LogP contribution in [0.15, 0.2) is 24.3 Å². The number of aliphatic hydroxyl groups is 1. The van der Waals surface area contributed by atoms with Gasteiger partial charge in [-0.15, -0.1) is 0 Å². The van der Waals surface area contributed by atoms with Crippen LogP contribution < -0.4 is 10.1 Å². The van der Waals surface area contributed by atoms with E-state index in [1.54, 1.807) is 6.07 Å². The van der Waals surface area contributed by atoms with Gasteiger partial charge in [-0.3, -0.25) is 14.7 Å². The number of amides is 2. The average molecular weight is 358 g/mol. The number of para-hydroxylation sites is 1. The number of nitrogens with zero attached hydrogens (tertiary/aromatic N) is 2. The van der Waals surface area contributed by atoms with Gasteiger partial charge in [0, 0.05) is 37.8 Å². The molecular weight excluding hydrogens is 336 g/mol. The fraction of sp³-hybridized carbons (Fsp3) is 0.389. The minimum absolute atomic E-state index is 0.124. The number of hydrogen-bond donors (Lipinski definition) is 3. The Bertz CT molecular complexity index is 817. The maximum absolute atomic E-state index is 12.6. The Morgan fingerprint density at radius 1 is 1.42 bits per heavy atom.